The number of ether oxygens (including phenoxy) is 1. The number of alkyl carbamates (subject to hydrolysis) is 1. The van der Waals surface area contributed by atoms with E-state index in [0.717, 1.165) is 12.0 Å². The molecule has 0 saturated heterocycles. The summed E-state index contributed by atoms with van der Waals surface area (Å²) in [4.78, 5) is 11.7. The lowest BCUT2D eigenvalue weighted by atomic mass is 9.97. The molecule has 0 bridgehead atoms. The van der Waals surface area contributed by atoms with Crippen molar-refractivity contribution in [2.75, 3.05) is 6.54 Å². The first-order chi connectivity index (χ1) is 10.6. The monoisotopic (exact) mass is 297 g/mol. The van der Waals surface area contributed by atoms with Crippen LogP contribution >= 0.6 is 0 Å². The van der Waals surface area contributed by atoms with Crippen LogP contribution in [0.1, 0.15) is 27.8 Å². The SMILES string of the molecule is Cc1cc(C)c(CCNC(=O)OCc2ccccc2)c(C)c1. The molecule has 0 radical (unpaired) electrons. The predicted octanol–water partition coefficient (Wildman–Crippen LogP) is 4.08. The normalized spacial score (nSPS) is 10.3. The Morgan fingerprint density at radius 1 is 1.05 bits per heavy atom. The molecule has 1 N–H and O–H groups in total. The van der Waals surface area contributed by atoms with Crippen molar-refractivity contribution >= 4 is 6.09 Å². The van der Waals surface area contributed by atoms with Gasteiger partial charge in [-0.15, -0.1) is 0 Å². The summed E-state index contributed by atoms with van der Waals surface area (Å²) in [5.74, 6) is 0. The Morgan fingerprint density at radius 3 is 2.32 bits per heavy atom. The second-order valence-corrected chi connectivity index (χ2v) is 5.62. The summed E-state index contributed by atoms with van der Waals surface area (Å²) in [6.07, 6.45) is 0.449. The van der Waals surface area contributed by atoms with Gasteiger partial charge >= 0.3 is 6.09 Å². The van der Waals surface area contributed by atoms with Gasteiger partial charge in [-0.2, -0.15) is 0 Å². The molecule has 0 heterocycles. The van der Waals surface area contributed by atoms with Crippen LogP contribution in [0.15, 0.2) is 42.5 Å². The maximum absolute atomic E-state index is 11.7. The van der Waals surface area contributed by atoms with E-state index < -0.39 is 0 Å². The van der Waals surface area contributed by atoms with Crippen LogP contribution < -0.4 is 5.32 Å². The summed E-state index contributed by atoms with van der Waals surface area (Å²) in [7, 11) is 0. The highest BCUT2D eigenvalue weighted by Gasteiger charge is 2.06. The van der Waals surface area contributed by atoms with Gasteiger partial charge in [-0.3, -0.25) is 0 Å². The lowest BCUT2D eigenvalue weighted by Gasteiger charge is -2.12. The Kier molecular flexibility index (Phi) is 5.59. The molecular weight excluding hydrogens is 274 g/mol. The average Bonchev–Trinajstić information content (AvgIpc) is 2.49. The molecule has 0 unspecified atom stereocenters. The standard InChI is InChI=1S/C19H23NO2/c1-14-11-15(2)18(16(3)12-14)9-10-20-19(21)22-13-17-7-5-4-6-8-17/h4-8,11-12H,9-10,13H2,1-3H3,(H,20,21). The number of hydrogen-bond acceptors (Lipinski definition) is 2. The highest BCUT2D eigenvalue weighted by molar-refractivity contribution is 5.67. The van der Waals surface area contributed by atoms with Gasteiger partial charge in [-0.25, -0.2) is 4.79 Å². The Morgan fingerprint density at radius 2 is 1.68 bits per heavy atom. The van der Waals surface area contributed by atoms with Gasteiger partial charge in [0.2, 0.25) is 0 Å². The highest BCUT2D eigenvalue weighted by atomic mass is 16.5. The highest BCUT2D eigenvalue weighted by Crippen LogP contribution is 2.16. The number of carbonyl (C=O) groups excluding carboxylic acids is 1. The van der Waals surface area contributed by atoms with Crippen LogP contribution in [0, 0.1) is 20.8 Å². The van der Waals surface area contributed by atoms with E-state index in [1.807, 2.05) is 30.3 Å². The van der Waals surface area contributed by atoms with Crippen molar-refractivity contribution in [3.05, 3.63) is 70.3 Å². The van der Waals surface area contributed by atoms with Gasteiger partial charge in [0.05, 0.1) is 0 Å². The van der Waals surface area contributed by atoms with E-state index in [9.17, 15) is 4.79 Å². The first kappa shape index (κ1) is 16.1. The zero-order valence-electron chi connectivity index (χ0n) is 13.5. The number of rotatable bonds is 5. The third kappa shape index (κ3) is 4.62. The van der Waals surface area contributed by atoms with Crippen molar-refractivity contribution in [2.45, 2.75) is 33.8 Å². The van der Waals surface area contributed by atoms with Crippen LogP contribution in [0.3, 0.4) is 0 Å². The summed E-state index contributed by atoms with van der Waals surface area (Å²) in [6.45, 7) is 7.21. The molecule has 116 valence electrons. The van der Waals surface area contributed by atoms with Crippen molar-refractivity contribution < 1.29 is 9.53 Å². The van der Waals surface area contributed by atoms with Gasteiger partial charge in [-0.1, -0.05) is 48.0 Å². The molecule has 3 nitrogen and oxygen atoms in total. The van der Waals surface area contributed by atoms with Gasteiger partial charge in [0, 0.05) is 6.54 Å². The fourth-order valence-corrected chi connectivity index (χ4v) is 2.67. The maximum atomic E-state index is 11.7. The number of carbonyl (C=O) groups is 1. The molecule has 3 heteroatoms. The first-order valence-corrected chi connectivity index (χ1v) is 7.57. The molecule has 0 fully saturated rings. The Labute approximate surface area is 132 Å². The second kappa shape index (κ2) is 7.64. The molecule has 0 spiro atoms. The minimum Gasteiger partial charge on any atom is -0.445 e. The number of benzene rings is 2. The Hall–Kier alpha value is -2.29. The Balaban J connectivity index is 1.78. The molecule has 22 heavy (non-hydrogen) atoms. The maximum Gasteiger partial charge on any atom is 0.407 e. The van der Waals surface area contributed by atoms with Crippen molar-refractivity contribution in [1.82, 2.24) is 5.32 Å². The van der Waals surface area contributed by atoms with Gasteiger partial charge in [-0.05, 0) is 49.4 Å². The van der Waals surface area contributed by atoms with Gasteiger partial charge < -0.3 is 10.1 Å². The van der Waals surface area contributed by atoms with Crippen molar-refractivity contribution in [3.63, 3.8) is 0 Å². The van der Waals surface area contributed by atoms with Gasteiger partial charge in [0.15, 0.2) is 0 Å². The lowest BCUT2D eigenvalue weighted by molar-refractivity contribution is 0.140. The van der Waals surface area contributed by atoms with E-state index in [1.54, 1.807) is 0 Å². The Bertz CT molecular complexity index is 612. The van der Waals surface area contributed by atoms with Crippen LogP contribution in [-0.4, -0.2) is 12.6 Å². The summed E-state index contributed by atoms with van der Waals surface area (Å²) < 4.78 is 5.20. The molecule has 0 aromatic heterocycles. The molecule has 2 aromatic rings. The van der Waals surface area contributed by atoms with E-state index in [4.69, 9.17) is 4.74 Å². The number of amides is 1. The number of nitrogens with one attached hydrogen (secondary N) is 1. The van der Waals surface area contributed by atoms with Crippen LogP contribution in [0.2, 0.25) is 0 Å². The molecular formula is C19H23NO2. The molecule has 0 aliphatic carbocycles. The van der Waals surface area contributed by atoms with Gasteiger partial charge in [0.25, 0.3) is 0 Å². The summed E-state index contributed by atoms with van der Waals surface area (Å²) >= 11 is 0. The minimum atomic E-state index is -0.369. The molecule has 0 saturated carbocycles. The molecule has 0 aliphatic rings. The fraction of sp³-hybridized carbons (Fsp3) is 0.316. The van der Waals surface area contributed by atoms with Crippen molar-refractivity contribution in [3.8, 4) is 0 Å². The van der Waals surface area contributed by atoms with E-state index in [2.05, 4.69) is 38.2 Å². The van der Waals surface area contributed by atoms with Crippen LogP contribution in [0.4, 0.5) is 4.79 Å². The zero-order chi connectivity index (χ0) is 15.9. The fourth-order valence-electron chi connectivity index (χ4n) is 2.67. The summed E-state index contributed by atoms with van der Waals surface area (Å²) in [5.41, 5.74) is 6.11. The molecule has 1 amide bonds. The van der Waals surface area contributed by atoms with E-state index in [0.29, 0.717) is 13.2 Å². The first-order valence-electron chi connectivity index (χ1n) is 7.57. The number of hydrogen-bond donors (Lipinski definition) is 1. The number of aryl methyl sites for hydroxylation is 3. The van der Waals surface area contributed by atoms with E-state index in [-0.39, 0.29) is 6.09 Å². The predicted molar refractivity (Wildman–Crippen MR) is 89.0 cm³/mol. The zero-order valence-corrected chi connectivity index (χ0v) is 13.5. The van der Waals surface area contributed by atoms with Crippen LogP contribution in [0.25, 0.3) is 0 Å². The molecule has 2 rings (SSSR count). The van der Waals surface area contributed by atoms with Crippen molar-refractivity contribution in [1.29, 1.82) is 0 Å². The quantitative estimate of drug-likeness (QED) is 0.903. The van der Waals surface area contributed by atoms with E-state index in [1.165, 1.54) is 22.3 Å². The van der Waals surface area contributed by atoms with Crippen LogP contribution in [-0.2, 0) is 17.8 Å². The van der Waals surface area contributed by atoms with E-state index >= 15 is 0 Å². The summed E-state index contributed by atoms with van der Waals surface area (Å²) in [6, 6.07) is 14.0. The third-order valence-corrected chi connectivity index (χ3v) is 3.70. The smallest absolute Gasteiger partial charge is 0.407 e. The van der Waals surface area contributed by atoms with Crippen molar-refractivity contribution in [2.24, 2.45) is 0 Å². The lowest BCUT2D eigenvalue weighted by Crippen LogP contribution is -2.26. The van der Waals surface area contributed by atoms with Crippen LogP contribution in [0.5, 0.6) is 0 Å². The summed E-state index contributed by atoms with van der Waals surface area (Å²) in [5, 5.41) is 2.81. The minimum absolute atomic E-state index is 0.301. The van der Waals surface area contributed by atoms with Gasteiger partial charge in [0.1, 0.15) is 6.61 Å². The molecule has 2 aromatic carbocycles. The topological polar surface area (TPSA) is 38.3 Å². The molecule has 0 atom stereocenters. The average molecular weight is 297 g/mol. The molecule has 0 aliphatic heterocycles. The third-order valence-electron chi connectivity index (χ3n) is 3.70. The largest absolute Gasteiger partial charge is 0.445 e. The second-order valence-electron chi connectivity index (χ2n) is 5.62.